The molecule has 148 valence electrons. The van der Waals surface area contributed by atoms with Crippen molar-refractivity contribution < 1.29 is 13.2 Å². The van der Waals surface area contributed by atoms with E-state index < -0.39 is 10.0 Å². The molecular formula is C20H29N3O3S. The number of nitrogens with zero attached hydrogens (tertiary/aromatic N) is 1. The summed E-state index contributed by atoms with van der Waals surface area (Å²) in [5.74, 6) is 2.46. The highest BCUT2D eigenvalue weighted by Crippen LogP contribution is 2.55. The van der Waals surface area contributed by atoms with Crippen molar-refractivity contribution in [1.29, 1.82) is 0 Å². The van der Waals surface area contributed by atoms with E-state index in [2.05, 4.69) is 10.6 Å². The van der Waals surface area contributed by atoms with Crippen LogP contribution in [0.3, 0.4) is 0 Å². The Morgan fingerprint density at radius 2 is 1.56 bits per heavy atom. The maximum Gasteiger partial charge on any atom is 0.242 e. The van der Waals surface area contributed by atoms with Crippen molar-refractivity contribution in [2.45, 2.75) is 49.0 Å². The molecule has 1 aromatic rings. The molecule has 0 unspecified atom stereocenters. The number of sulfonamides is 1. The van der Waals surface area contributed by atoms with Crippen molar-refractivity contribution in [3.05, 3.63) is 24.3 Å². The highest BCUT2D eigenvalue weighted by molar-refractivity contribution is 7.89. The van der Waals surface area contributed by atoms with Crippen LogP contribution in [0.4, 0.5) is 5.69 Å². The average molecular weight is 392 g/mol. The Balaban J connectivity index is 1.34. The van der Waals surface area contributed by atoms with E-state index in [0.717, 1.165) is 17.8 Å². The Morgan fingerprint density at radius 3 is 2.04 bits per heavy atom. The van der Waals surface area contributed by atoms with Gasteiger partial charge in [-0.15, -0.1) is 0 Å². The number of hydrogen-bond donors (Lipinski definition) is 2. The van der Waals surface area contributed by atoms with Gasteiger partial charge in [-0.3, -0.25) is 4.79 Å². The molecule has 1 amide bonds. The molecule has 0 aromatic heterocycles. The maximum atomic E-state index is 12.4. The maximum absolute atomic E-state index is 12.4. The Bertz CT molecular complexity index is 782. The highest BCUT2D eigenvalue weighted by atomic mass is 32.2. The summed E-state index contributed by atoms with van der Waals surface area (Å²) in [6.45, 7) is 0.309. The minimum Gasteiger partial charge on any atom is -0.325 e. The molecule has 4 saturated carbocycles. The molecule has 0 radical (unpaired) electrons. The monoisotopic (exact) mass is 391 g/mol. The van der Waals surface area contributed by atoms with Crippen molar-refractivity contribution >= 4 is 21.6 Å². The lowest BCUT2D eigenvalue weighted by Crippen LogP contribution is -2.59. The molecule has 6 nitrogen and oxygen atoms in total. The molecule has 7 heteroatoms. The first-order valence-corrected chi connectivity index (χ1v) is 11.3. The Hall–Kier alpha value is -1.44. The van der Waals surface area contributed by atoms with Crippen LogP contribution in [0, 0.1) is 17.8 Å². The quantitative estimate of drug-likeness (QED) is 0.781. The van der Waals surface area contributed by atoms with Crippen LogP contribution in [-0.2, 0) is 14.8 Å². The fourth-order valence-electron chi connectivity index (χ4n) is 5.72. The van der Waals surface area contributed by atoms with Gasteiger partial charge in [-0.2, -0.15) is 0 Å². The predicted octanol–water partition coefficient (Wildman–Crippen LogP) is 2.43. The van der Waals surface area contributed by atoms with Crippen LogP contribution in [0.25, 0.3) is 0 Å². The summed E-state index contributed by atoms with van der Waals surface area (Å²) in [5, 5.41) is 6.46. The van der Waals surface area contributed by atoms with E-state index in [9.17, 15) is 13.2 Å². The third-order valence-electron chi connectivity index (χ3n) is 6.58. The van der Waals surface area contributed by atoms with Crippen LogP contribution < -0.4 is 10.6 Å². The van der Waals surface area contributed by atoms with Gasteiger partial charge in [0.05, 0.1) is 11.4 Å². The third-order valence-corrected chi connectivity index (χ3v) is 8.41. The van der Waals surface area contributed by atoms with Gasteiger partial charge >= 0.3 is 0 Å². The molecule has 4 aliphatic carbocycles. The minimum absolute atomic E-state index is 0.0750. The molecule has 4 bridgehead atoms. The Kier molecular flexibility index (Phi) is 4.81. The van der Waals surface area contributed by atoms with Crippen molar-refractivity contribution in [3.63, 3.8) is 0 Å². The van der Waals surface area contributed by atoms with Crippen LogP contribution in [-0.4, -0.2) is 44.8 Å². The van der Waals surface area contributed by atoms with E-state index in [1.807, 2.05) is 0 Å². The first kappa shape index (κ1) is 18.9. The largest absolute Gasteiger partial charge is 0.325 e. The lowest BCUT2D eigenvalue weighted by atomic mass is 9.53. The summed E-state index contributed by atoms with van der Waals surface area (Å²) in [5.41, 5.74) is 0.778. The molecular weight excluding hydrogens is 362 g/mol. The zero-order valence-electron chi connectivity index (χ0n) is 16.1. The van der Waals surface area contributed by atoms with Gasteiger partial charge in [-0.1, -0.05) is 0 Å². The van der Waals surface area contributed by atoms with Crippen molar-refractivity contribution in [3.8, 4) is 0 Å². The topological polar surface area (TPSA) is 78.5 Å². The molecule has 5 rings (SSSR count). The normalized spacial score (nSPS) is 32.0. The zero-order chi connectivity index (χ0) is 19.2. The van der Waals surface area contributed by atoms with E-state index in [4.69, 9.17) is 0 Å². The smallest absolute Gasteiger partial charge is 0.242 e. The van der Waals surface area contributed by atoms with Gasteiger partial charge in [0, 0.05) is 25.3 Å². The van der Waals surface area contributed by atoms with E-state index >= 15 is 0 Å². The van der Waals surface area contributed by atoms with Gasteiger partial charge in [0.25, 0.3) is 0 Å². The van der Waals surface area contributed by atoms with Gasteiger partial charge in [0.15, 0.2) is 0 Å². The standard InChI is InChI=1S/C20H29N3O3S/c1-23(2)27(25,26)18-5-3-17(4-6-18)22-19(24)13-21-20-10-14-7-15(11-20)9-16(8-14)12-20/h3-6,14-16,21H,7-13H2,1-2H3,(H,22,24). The van der Waals surface area contributed by atoms with E-state index in [0.29, 0.717) is 12.2 Å². The molecule has 0 spiro atoms. The number of carbonyl (C=O) groups is 1. The first-order valence-electron chi connectivity index (χ1n) is 9.83. The van der Waals surface area contributed by atoms with Crippen LogP contribution >= 0.6 is 0 Å². The molecule has 0 atom stereocenters. The van der Waals surface area contributed by atoms with Gasteiger partial charge in [-0.05, 0) is 80.5 Å². The molecule has 4 fully saturated rings. The molecule has 2 N–H and O–H groups in total. The average Bonchev–Trinajstić information content (AvgIpc) is 2.59. The van der Waals surface area contributed by atoms with Gasteiger partial charge < -0.3 is 10.6 Å². The third kappa shape index (κ3) is 3.77. The summed E-state index contributed by atoms with van der Waals surface area (Å²) in [4.78, 5) is 12.6. The summed E-state index contributed by atoms with van der Waals surface area (Å²) >= 11 is 0. The fourth-order valence-corrected chi connectivity index (χ4v) is 6.62. The zero-order valence-corrected chi connectivity index (χ0v) is 16.9. The second kappa shape index (κ2) is 6.87. The molecule has 0 aliphatic heterocycles. The highest BCUT2D eigenvalue weighted by Gasteiger charge is 2.50. The second-order valence-corrected chi connectivity index (χ2v) is 11.1. The van der Waals surface area contributed by atoms with Crippen LogP contribution in [0.5, 0.6) is 0 Å². The number of benzene rings is 1. The SMILES string of the molecule is CN(C)S(=O)(=O)c1ccc(NC(=O)CNC23CC4CC(CC(C4)C2)C3)cc1. The Morgan fingerprint density at radius 1 is 1.04 bits per heavy atom. The predicted molar refractivity (Wildman–Crippen MR) is 105 cm³/mol. The van der Waals surface area contributed by atoms with Crippen molar-refractivity contribution in [2.75, 3.05) is 26.0 Å². The van der Waals surface area contributed by atoms with Gasteiger partial charge in [0.1, 0.15) is 0 Å². The lowest BCUT2D eigenvalue weighted by Gasteiger charge is -2.57. The van der Waals surface area contributed by atoms with E-state index in [-0.39, 0.29) is 16.3 Å². The Labute approximate surface area is 161 Å². The number of rotatable bonds is 6. The number of amides is 1. The summed E-state index contributed by atoms with van der Waals surface area (Å²) in [6, 6.07) is 6.33. The van der Waals surface area contributed by atoms with Crippen LogP contribution in [0.15, 0.2) is 29.2 Å². The molecule has 0 heterocycles. The number of hydrogen-bond acceptors (Lipinski definition) is 4. The summed E-state index contributed by atoms with van der Waals surface area (Å²) < 4.78 is 25.4. The van der Waals surface area contributed by atoms with Crippen LogP contribution in [0.1, 0.15) is 38.5 Å². The first-order chi connectivity index (χ1) is 12.8. The minimum atomic E-state index is -3.45. The van der Waals surface area contributed by atoms with Crippen LogP contribution in [0.2, 0.25) is 0 Å². The summed E-state index contributed by atoms with van der Waals surface area (Å²) in [7, 11) is -0.448. The number of carbonyl (C=O) groups excluding carboxylic acids is 1. The van der Waals surface area contributed by atoms with E-state index in [1.54, 1.807) is 12.1 Å². The molecule has 4 aliphatic rings. The van der Waals surface area contributed by atoms with E-state index in [1.165, 1.54) is 69.1 Å². The van der Waals surface area contributed by atoms with Gasteiger partial charge in [0.2, 0.25) is 15.9 Å². The fraction of sp³-hybridized carbons (Fsp3) is 0.650. The molecule has 27 heavy (non-hydrogen) atoms. The summed E-state index contributed by atoms with van der Waals surface area (Å²) in [6.07, 6.45) is 7.79. The van der Waals surface area contributed by atoms with Crippen molar-refractivity contribution in [2.24, 2.45) is 17.8 Å². The second-order valence-electron chi connectivity index (χ2n) is 8.91. The van der Waals surface area contributed by atoms with Gasteiger partial charge in [-0.25, -0.2) is 12.7 Å². The van der Waals surface area contributed by atoms with Crippen molar-refractivity contribution in [1.82, 2.24) is 9.62 Å². The lowest BCUT2D eigenvalue weighted by molar-refractivity contribution is -0.116. The molecule has 0 saturated heterocycles. The number of nitrogens with one attached hydrogen (secondary N) is 2. The molecule has 1 aromatic carbocycles. The number of anilines is 1.